The minimum atomic E-state index is -0.239. The van der Waals surface area contributed by atoms with E-state index in [1.807, 2.05) is 25.1 Å². The Morgan fingerprint density at radius 3 is 2.79 bits per heavy atom. The summed E-state index contributed by atoms with van der Waals surface area (Å²) in [6.45, 7) is 2.00. The van der Waals surface area contributed by atoms with E-state index in [0.717, 1.165) is 21.8 Å². The first-order chi connectivity index (χ1) is 9.10. The Bertz CT molecular complexity index is 574. The Balaban J connectivity index is 2.17. The largest absolute Gasteiger partial charge is 0.481 e. The summed E-state index contributed by atoms with van der Waals surface area (Å²) in [5.41, 5.74) is 9.03. The molecule has 0 amide bonds. The summed E-state index contributed by atoms with van der Waals surface area (Å²) < 4.78 is 5.06. The Hall–Kier alpha value is -1.65. The second-order valence-corrected chi connectivity index (χ2v) is 4.80. The topological polar surface area (TPSA) is 61.0 Å². The molecule has 1 aromatic carbocycles. The molecule has 2 N–H and O–H groups in total. The first-order valence-corrected chi connectivity index (χ1v) is 6.34. The van der Waals surface area contributed by atoms with Gasteiger partial charge >= 0.3 is 0 Å². The number of benzene rings is 1. The number of nitrogens with zero attached hydrogens (tertiary/aromatic N) is 2. The number of hydrogen-bond acceptors (Lipinski definition) is 4. The zero-order valence-corrected chi connectivity index (χ0v) is 11.7. The second kappa shape index (κ2) is 5.99. The monoisotopic (exact) mass is 277 g/mol. The number of nitrogens with two attached hydrogens (primary N) is 1. The fourth-order valence-corrected chi connectivity index (χ4v) is 2.14. The van der Waals surface area contributed by atoms with Crippen molar-refractivity contribution in [1.29, 1.82) is 0 Å². The third-order valence-corrected chi connectivity index (χ3v) is 3.25. The molecule has 0 bridgehead atoms. The van der Waals surface area contributed by atoms with Gasteiger partial charge in [0.05, 0.1) is 18.8 Å². The number of rotatable bonds is 4. The molecule has 100 valence electrons. The number of hydrogen-bond donors (Lipinski definition) is 1. The van der Waals surface area contributed by atoms with Crippen LogP contribution in [0.3, 0.4) is 0 Å². The average Bonchev–Trinajstić information content (AvgIpc) is 2.42. The fraction of sp³-hybridized carbons (Fsp3) is 0.286. The van der Waals surface area contributed by atoms with E-state index < -0.39 is 0 Å². The molecule has 19 heavy (non-hydrogen) atoms. The van der Waals surface area contributed by atoms with Gasteiger partial charge in [-0.15, -0.1) is 0 Å². The molecule has 2 rings (SSSR count). The highest BCUT2D eigenvalue weighted by Crippen LogP contribution is 2.23. The van der Waals surface area contributed by atoms with E-state index in [1.54, 1.807) is 13.2 Å². The van der Waals surface area contributed by atoms with Crippen molar-refractivity contribution in [3.63, 3.8) is 0 Å². The van der Waals surface area contributed by atoms with Crippen LogP contribution in [0, 0.1) is 6.92 Å². The van der Waals surface area contributed by atoms with Gasteiger partial charge in [0.1, 0.15) is 6.33 Å². The standard InChI is InChI=1S/C14H16ClN3O/c1-9-3-4-10(11(15)5-9)6-12(16)13-7-14(19-2)18-8-17-13/h3-5,7-8,12H,6,16H2,1-2H3. The lowest BCUT2D eigenvalue weighted by atomic mass is 10.0. The van der Waals surface area contributed by atoms with E-state index in [4.69, 9.17) is 22.1 Å². The molecule has 0 spiro atoms. The summed E-state index contributed by atoms with van der Waals surface area (Å²) in [7, 11) is 1.56. The van der Waals surface area contributed by atoms with E-state index in [0.29, 0.717) is 12.3 Å². The lowest BCUT2D eigenvalue weighted by Crippen LogP contribution is -2.15. The molecule has 0 aliphatic rings. The predicted molar refractivity (Wildman–Crippen MR) is 75.4 cm³/mol. The molecule has 0 saturated carbocycles. The van der Waals surface area contributed by atoms with Gasteiger partial charge in [-0.1, -0.05) is 23.7 Å². The van der Waals surface area contributed by atoms with Crippen molar-refractivity contribution in [3.05, 3.63) is 52.4 Å². The number of halogens is 1. The summed E-state index contributed by atoms with van der Waals surface area (Å²) in [5.74, 6) is 0.510. The van der Waals surface area contributed by atoms with E-state index in [-0.39, 0.29) is 6.04 Å². The molecular formula is C14H16ClN3O. The molecule has 0 aliphatic heterocycles. The van der Waals surface area contributed by atoms with Crippen LogP contribution >= 0.6 is 11.6 Å². The highest BCUT2D eigenvalue weighted by Gasteiger charge is 2.12. The molecule has 1 atom stereocenters. The molecular weight excluding hydrogens is 262 g/mol. The van der Waals surface area contributed by atoms with Crippen molar-refractivity contribution in [3.8, 4) is 5.88 Å². The lowest BCUT2D eigenvalue weighted by molar-refractivity contribution is 0.395. The number of ether oxygens (including phenoxy) is 1. The van der Waals surface area contributed by atoms with E-state index in [9.17, 15) is 0 Å². The van der Waals surface area contributed by atoms with Crippen LogP contribution < -0.4 is 10.5 Å². The third kappa shape index (κ3) is 3.43. The molecule has 1 unspecified atom stereocenters. The molecule has 0 aliphatic carbocycles. The third-order valence-electron chi connectivity index (χ3n) is 2.90. The van der Waals surface area contributed by atoms with Crippen molar-refractivity contribution in [2.45, 2.75) is 19.4 Å². The highest BCUT2D eigenvalue weighted by atomic mass is 35.5. The maximum Gasteiger partial charge on any atom is 0.216 e. The van der Waals surface area contributed by atoms with Crippen LogP contribution in [0.15, 0.2) is 30.6 Å². The quantitative estimate of drug-likeness (QED) is 0.933. The SMILES string of the molecule is COc1cc(C(N)Cc2ccc(C)cc2Cl)ncn1. The molecule has 1 aromatic heterocycles. The Morgan fingerprint density at radius 2 is 2.11 bits per heavy atom. The Kier molecular flexibility index (Phi) is 4.35. The lowest BCUT2D eigenvalue weighted by Gasteiger charge is -2.13. The van der Waals surface area contributed by atoms with Crippen LogP contribution in [0.25, 0.3) is 0 Å². The minimum Gasteiger partial charge on any atom is -0.481 e. The number of aryl methyl sites for hydroxylation is 1. The van der Waals surface area contributed by atoms with E-state index in [2.05, 4.69) is 9.97 Å². The maximum absolute atomic E-state index is 6.21. The Labute approximate surface area is 117 Å². The van der Waals surface area contributed by atoms with Gasteiger partial charge in [0, 0.05) is 11.1 Å². The van der Waals surface area contributed by atoms with Crippen molar-refractivity contribution in [2.24, 2.45) is 5.73 Å². The number of methoxy groups -OCH3 is 1. The molecule has 1 heterocycles. The average molecular weight is 278 g/mol. The molecule has 0 fully saturated rings. The summed E-state index contributed by atoms with van der Waals surface area (Å²) in [6, 6.07) is 7.46. The first kappa shape index (κ1) is 13.8. The van der Waals surface area contributed by atoms with Crippen LogP contribution in [-0.4, -0.2) is 17.1 Å². The van der Waals surface area contributed by atoms with Crippen LogP contribution in [0.1, 0.15) is 22.9 Å². The van der Waals surface area contributed by atoms with Crippen molar-refractivity contribution in [2.75, 3.05) is 7.11 Å². The van der Waals surface area contributed by atoms with Crippen LogP contribution in [0.4, 0.5) is 0 Å². The van der Waals surface area contributed by atoms with Crippen LogP contribution in [0.5, 0.6) is 5.88 Å². The molecule has 5 heteroatoms. The van der Waals surface area contributed by atoms with Gasteiger partial charge < -0.3 is 10.5 Å². The summed E-state index contributed by atoms with van der Waals surface area (Å²) in [5, 5.41) is 0.733. The second-order valence-electron chi connectivity index (χ2n) is 4.39. The van der Waals surface area contributed by atoms with Crippen LogP contribution in [-0.2, 0) is 6.42 Å². The van der Waals surface area contributed by atoms with Crippen molar-refractivity contribution >= 4 is 11.6 Å². The predicted octanol–water partition coefficient (Wildman–Crippen LogP) is 2.69. The smallest absolute Gasteiger partial charge is 0.216 e. The van der Waals surface area contributed by atoms with E-state index >= 15 is 0 Å². The zero-order valence-electron chi connectivity index (χ0n) is 10.9. The van der Waals surface area contributed by atoms with Gasteiger partial charge in [0.25, 0.3) is 0 Å². The van der Waals surface area contributed by atoms with Crippen molar-refractivity contribution < 1.29 is 4.74 Å². The summed E-state index contributed by atoms with van der Waals surface area (Å²) >= 11 is 6.21. The molecule has 0 radical (unpaired) electrons. The molecule has 0 saturated heterocycles. The molecule has 4 nitrogen and oxygen atoms in total. The molecule has 2 aromatic rings. The summed E-state index contributed by atoms with van der Waals surface area (Å²) in [4.78, 5) is 8.13. The first-order valence-electron chi connectivity index (χ1n) is 5.96. The fourth-order valence-electron chi connectivity index (χ4n) is 1.83. The van der Waals surface area contributed by atoms with Gasteiger partial charge in [0.15, 0.2) is 0 Å². The van der Waals surface area contributed by atoms with Gasteiger partial charge in [-0.2, -0.15) is 0 Å². The maximum atomic E-state index is 6.21. The van der Waals surface area contributed by atoms with Crippen molar-refractivity contribution in [1.82, 2.24) is 9.97 Å². The highest BCUT2D eigenvalue weighted by molar-refractivity contribution is 6.31. The minimum absolute atomic E-state index is 0.239. The summed E-state index contributed by atoms with van der Waals surface area (Å²) in [6.07, 6.45) is 2.07. The van der Waals surface area contributed by atoms with Gasteiger partial charge in [0.2, 0.25) is 5.88 Å². The van der Waals surface area contributed by atoms with Crippen LogP contribution in [0.2, 0.25) is 5.02 Å². The van der Waals surface area contributed by atoms with Gasteiger partial charge in [-0.3, -0.25) is 0 Å². The van der Waals surface area contributed by atoms with E-state index in [1.165, 1.54) is 6.33 Å². The normalized spacial score (nSPS) is 12.2. The Morgan fingerprint density at radius 1 is 1.32 bits per heavy atom. The van der Waals surface area contributed by atoms with Gasteiger partial charge in [-0.05, 0) is 30.5 Å². The van der Waals surface area contributed by atoms with Gasteiger partial charge in [-0.25, -0.2) is 9.97 Å². The zero-order chi connectivity index (χ0) is 13.8. The number of aromatic nitrogens is 2.